The van der Waals surface area contributed by atoms with E-state index in [0.29, 0.717) is 78.2 Å². The molecule has 3 aromatic heterocycles. The molecule has 6 rings (SSSR count). The van der Waals surface area contributed by atoms with Gasteiger partial charge in [0, 0.05) is 25.1 Å². The molecular formula is C22H20F2N8O3S2. The molecule has 4 aromatic rings. The number of nitriles is 1. The summed E-state index contributed by atoms with van der Waals surface area (Å²) in [4.78, 5) is 11.0. The number of alkyl halides is 2. The highest BCUT2D eigenvalue weighted by Gasteiger charge is 2.46. The second-order valence-electron chi connectivity index (χ2n) is 8.89. The maximum absolute atomic E-state index is 13.4. The molecule has 2 aliphatic rings. The van der Waals surface area contributed by atoms with Crippen LogP contribution in [0.3, 0.4) is 0 Å². The average Bonchev–Trinajstić information content (AvgIpc) is 3.45. The first kappa shape index (κ1) is 24.0. The van der Waals surface area contributed by atoms with Crippen LogP contribution in [0, 0.1) is 11.3 Å². The zero-order valence-electron chi connectivity index (χ0n) is 19.3. The summed E-state index contributed by atoms with van der Waals surface area (Å²) >= 11 is 0.699. The minimum absolute atomic E-state index is 0.0677. The van der Waals surface area contributed by atoms with Crippen LogP contribution in [0.4, 0.5) is 14.6 Å². The number of nitrogens with one attached hydrogen (secondary N) is 1. The van der Waals surface area contributed by atoms with Crippen LogP contribution in [0.5, 0.6) is 0 Å². The Morgan fingerprint density at radius 2 is 2.03 bits per heavy atom. The van der Waals surface area contributed by atoms with Crippen molar-refractivity contribution in [3.05, 3.63) is 29.5 Å². The first-order valence-corrected chi connectivity index (χ1v) is 13.8. The Bertz CT molecular complexity index is 1650. The smallest absolute Gasteiger partial charge is 0.291 e. The van der Waals surface area contributed by atoms with E-state index in [9.17, 15) is 22.5 Å². The number of hydrogen-bond donors (Lipinski definition) is 1. The first-order valence-electron chi connectivity index (χ1n) is 11.5. The summed E-state index contributed by atoms with van der Waals surface area (Å²) in [5.41, 5.74) is -0.316. The number of sulfonamides is 1. The molecule has 11 nitrogen and oxygen atoms in total. The predicted molar refractivity (Wildman–Crippen MR) is 130 cm³/mol. The van der Waals surface area contributed by atoms with Crippen LogP contribution >= 0.6 is 11.3 Å². The Hall–Kier alpha value is -3.32. The molecule has 1 aromatic carbocycles. The molecule has 0 unspecified atom stereocenters. The SMILES string of the molecule is N#CC1(NS(=O)(=O)c2ccc3c4c(N5CCCOCC5)ncnc4n(-c4nnc(C(F)F)s4)c3c2)CC1. The van der Waals surface area contributed by atoms with Gasteiger partial charge in [0.1, 0.15) is 17.7 Å². The fourth-order valence-electron chi connectivity index (χ4n) is 4.44. The van der Waals surface area contributed by atoms with E-state index in [-0.39, 0.29) is 10.0 Å². The second kappa shape index (κ2) is 8.91. The summed E-state index contributed by atoms with van der Waals surface area (Å²) in [7, 11) is -4.04. The van der Waals surface area contributed by atoms with Gasteiger partial charge in [-0.15, -0.1) is 10.2 Å². The average molecular weight is 547 g/mol. The van der Waals surface area contributed by atoms with Crippen molar-refractivity contribution in [3.8, 4) is 11.2 Å². The maximum atomic E-state index is 13.4. The van der Waals surface area contributed by atoms with Crippen LogP contribution < -0.4 is 9.62 Å². The molecule has 0 bridgehead atoms. The van der Waals surface area contributed by atoms with E-state index in [1.807, 2.05) is 6.07 Å². The molecule has 1 aliphatic carbocycles. The highest BCUT2D eigenvalue weighted by Crippen LogP contribution is 2.40. The van der Waals surface area contributed by atoms with Gasteiger partial charge in [0.2, 0.25) is 15.2 Å². The van der Waals surface area contributed by atoms with E-state index < -0.39 is 27.0 Å². The fourth-order valence-corrected chi connectivity index (χ4v) is 6.55. The van der Waals surface area contributed by atoms with Crippen molar-refractivity contribution in [2.75, 3.05) is 31.2 Å². The molecule has 1 N–H and O–H groups in total. The first-order chi connectivity index (χ1) is 17.8. The molecule has 1 saturated carbocycles. The lowest BCUT2D eigenvalue weighted by Gasteiger charge is -2.21. The number of fused-ring (bicyclic) bond motifs is 3. The topological polar surface area (TPSA) is 139 Å². The van der Waals surface area contributed by atoms with Crippen LogP contribution in [0.2, 0.25) is 0 Å². The van der Waals surface area contributed by atoms with E-state index in [1.54, 1.807) is 6.07 Å². The normalized spacial score (nSPS) is 17.8. The Balaban J connectivity index is 1.59. The summed E-state index contributed by atoms with van der Waals surface area (Å²) in [6.45, 7) is 2.44. The van der Waals surface area contributed by atoms with Crippen molar-refractivity contribution in [2.45, 2.75) is 36.1 Å². The van der Waals surface area contributed by atoms with Gasteiger partial charge in [-0.1, -0.05) is 17.4 Å². The quantitative estimate of drug-likeness (QED) is 0.387. The molecule has 0 amide bonds. The molecule has 2 fully saturated rings. The minimum Gasteiger partial charge on any atom is -0.380 e. The summed E-state index contributed by atoms with van der Waals surface area (Å²) in [5, 5.41) is 17.9. The number of anilines is 1. The third-order valence-corrected chi connectivity index (χ3v) is 8.88. The summed E-state index contributed by atoms with van der Waals surface area (Å²) < 4.78 is 62.6. The van der Waals surface area contributed by atoms with Gasteiger partial charge in [-0.3, -0.25) is 4.57 Å². The lowest BCUT2D eigenvalue weighted by molar-refractivity contribution is 0.150. The van der Waals surface area contributed by atoms with Crippen LogP contribution in [-0.4, -0.2) is 65.0 Å². The zero-order chi connectivity index (χ0) is 25.8. The van der Waals surface area contributed by atoms with E-state index in [4.69, 9.17) is 4.74 Å². The van der Waals surface area contributed by atoms with Crippen molar-refractivity contribution in [2.24, 2.45) is 0 Å². The molecule has 0 radical (unpaired) electrons. The Labute approximate surface area is 213 Å². The van der Waals surface area contributed by atoms with Crippen LogP contribution in [0.15, 0.2) is 29.4 Å². The molecule has 0 spiro atoms. The standard InChI is InChI=1S/C22H20F2N8O3S2/c23-17(24)20-28-29-21(36-20)32-15-10-13(37(33,34)30-22(11-25)4-5-22)2-3-14(15)16-18(26-12-27-19(16)32)31-6-1-8-35-9-7-31/h2-3,10,12,17,30H,1,4-9H2. The third-order valence-electron chi connectivity index (χ3n) is 6.43. The number of nitrogens with zero attached hydrogens (tertiary/aromatic N) is 7. The van der Waals surface area contributed by atoms with Gasteiger partial charge in [0.05, 0.1) is 28.5 Å². The molecule has 4 heterocycles. The Kier molecular flexibility index (Phi) is 5.79. The van der Waals surface area contributed by atoms with E-state index in [0.717, 1.165) is 6.42 Å². The lowest BCUT2D eigenvalue weighted by atomic mass is 10.2. The highest BCUT2D eigenvalue weighted by atomic mass is 32.2. The lowest BCUT2D eigenvalue weighted by Crippen LogP contribution is -2.35. The van der Waals surface area contributed by atoms with Gasteiger partial charge in [-0.25, -0.2) is 27.2 Å². The van der Waals surface area contributed by atoms with Gasteiger partial charge < -0.3 is 9.64 Å². The summed E-state index contributed by atoms with van der Waals surface area (Å²) in [6, 6.07) is 6.55. The highest BCUT2D eigenvalue weighted by molar-refractivity contribution is 7.89. The van der Waals surface area contributed by atoms with E-state index >= 15 is 0 Å². The largest absolute Gasteiger partial charge is 0.380 e. The number of hydrogen-bond acceptors (Lipinski definition) is 10. The Morgan fingerprint density at radius 3 is 2.76 bits per heavy atom. The predicted octanol–water partition coefficient (Wildman–Crippen LogP) is 2.92. The minimum atomic E-state index is -4.04. The monoisotopic (exact) mass is 546 g/mol. The van der Waals surface area contributed by atoms with Gasteiger partial charge in [-0.05, 0) is 31.4 Å². The maximum Gasteiger partial charge on any atom is 0.291 e. The number of ether oxygens (including phenoxy) is 1. The van der Waals surface area contributed by atoms with Gasteiger partial charge in [-0.2, -0.15) is 9.98 Å². The zero-order valence-corrected chi connectivity index (χ0v) is 20.9. The Morgan fingerprint density at radius 1 is 1.19 bits per heavy atom. The molecule has 0 atom stereocenters. The summed E-state index contributed by atoms with van der Waals surface area (Å²) in [6.07, 6.45) is 0.252. The number of halogens is 2. The number of rotatable bonds is 6. The second-order valence-corrected chi connectivity index (χ2v) is 11.6. The molecule has 1 aliphatic heterocycles. The van der Waals surface area contributed by atoms with Crippen LogP contribution in [0.1, 0.15) is 30.7 Å². The molecule has 192 valence electrons. The molecule has 37 heavy (non-hydrogen) atoms. The van der Waals surface area contributed by atoms with Crippen molar-refractivity contribution in [1.82, 2.24) is 29.5 Å². The molecule has 15 heteroatoms. The van der Waals surface area contributed by atoms with Gasteiger partial charge >= 0.3 is 0 Å². The van der Waals surface area contributed by atoms with Crippen LogP contribution in [0.25, 0.3) is 27.1 Å². The fraction of sp³-hybridized carbons (Fsp3) is 0.409. The third kappa shape index (κ3) is 4.19. The van der Waals surface area contributed by atoms with E-state index in [2.05, 4.69) is 29.8 Å². The molecular weight excluding hydrogens is 526 g/mol. The van der Waals surface area contributed by atoms with Gasteiger partial charge in [0.15, 0.2) is 10.7 Å². The number of aromatic nitrogens is 5. The number of benzene rings is 1. The van der Waals surface area contributed by atoms with E-state index in [1.165, 1.54) is 23.0 Å². The molecule has 1 saturated heterocycles. The van der Waals surface area contributed by atoms with Gasteiger partial charge in [0.25, 0.3) is 6.43 Å². The van der Waals surface area contributed by atoms with Crippen molar-refractivity contribution in [1.29, 1.82) is 5.26 Å². The van der Waals surface area contributed by atoms with Crippen molar-refractivity contribution >= 4 is 49.1 Å². The summed E-state index contributed by atoms with van der Waals surface area (Å²) in [5.74, 6) is 0.632. The van der Waals surface area contributed by atoms with Crippen molar-refractivity contribution < 1.29 is 21.9 Å². The van der Waals surface area contributed by atoms with Crippen LogP contribution in [-0.2, 0) is 14.8 Å². The van der Waals surface area contributed by atoms with Crippen molar-refractivity contribution in [3.63, 3.8) is 0 Å².